The summed E-state index contributed by atoms with van der Waals surface area (Å²) in [6, 6.07) is 9.17. The molecular weight excluding hydrogens is 519 g/mol. The number of hydrogen-bond acceptors (Lipinski definition) is 9. The monoisotopic (exact) mass is 546 g/mol. The van der Waals surface area contributed by atoms with E-state index in [-0.39, 0.29) is 5.82 Å². The van der Waals surface area contributed by atoms with Crippen molar-refractivity contribution in [2.45, 2.75) is 44.2 Å². The lowest BCUT2D eigenvalue weighted by molar-refractivity contribution is -0.132. The second-order valence-corrected chi connectivity index (χ2v) is 9.86. The summed E-state index contributed by atoms with van der Waals surface area (Å²) in [7, 11) is -4.75. The first kappa shape index (κ1) is 26.4. The van der Waals surface area contributed by atoms with Crippen LogP contribution in [0.3, 0.4) is 0 Å². The fourth-order valence-electron chi connectivity index (χ4n) is 4.25. The van der Waals surface area contributed by atoms with Gasteiger partial charge in [0.1, 0.15) is 24.6 Å². The summed E-state index contributed by atoms with van der Waals surface area (Å²) in [5.41, 5.74) is 1.64. The molecule has 0 radical (unpaired) electrons. The van der Waals surface area contributed by atoms with Gasteiger partial charge in [-0.2, -0.15) is 0 Å². The predicted octanol–water partition coefficient (Wildman–Crippen LogP) is 2.19. The number of aromatic nitrogens is 4. The fraction of sp³-hybridized carbons (Fsp3) is 0.391. The number of rotatable bonds is 9. The van der Waals surface area contributed by atoms with E-state index in [2.05, 4.69) is 25.6 Å². The van der Waals surface area contributed by atoms with Crippen molar-refractivity contribution in [1.29, 1.82) is 0 Å². The van der Waals surface area contributed by atoms with Crippen molar-refractivity contribution < 1.29 is 37.9 Å². The number of phosphoric acid groups is 1. The summed E-state index contributed by atoms with van der Waals surface area (Å²) in [5.74, 6) is 0.213. The van der Waals surface area contributed by atoms with E-state index in [4.69, 9.17) is 18.7 Å². The average Bonchev–Trinajstić information content (AvgIpc) is 3.59. The third-order valence-electron chi connectivity index (χ3n) is 5.92. The van der Waals surface area contributed by atoms with E-state index in [1.807, 2.05) is 43.3 Å². The van der Waals surface area contributed by atoms with Gasteiger partial charge in [-0.3, -0.25) is 14.4 Å². The maximum Gasteiger partial charge on any atom is 0.469 e. The predicted molar refractivity (Wildman–Crippen MR) is 134 cm³/mol. The second kappa shape index (κ2) is 11.3. The van der Waals surface area contributed by atoms with Crippen LogP contribution < -0.4 is 10.6 Å². The Bertz CT molecular complexity index is 1350. The van der Waals surface area contributed by atoms with Crippen LogP contribution in [0.25, 0.3) is 17.2 Å². The molecule has 14 nitrogen and oxygen atoms in total. The summed E-state index contributed by atoms with van der Waals surface area (Å²) in [6.45, 7) is 2.02. The van der Waals surface area contributed by atoms with E-state index < -0.39 is 51.3 Å². The van der Waals surface area contributed by atoms with E-state index in [0.717, 1.165) is 12.0 Å². The number of anilines is 1. The minimum Gasteiger partial charge on any atom is -0.347 e. The van der Waals surface area contributed by atoms with Gasteiger partial charge < -0.3 is 29.3 Å². The molecule has 4 heterocycles. The van der Waals surface area contributed by atoms with Crippen molar-refractivity contribution in [2.24, 2.45) is 0 Å². The van der Waals surface area contributed by atoms with Gasteiger partial charge >= 0.3 is 13.9 Å². The Hall–Kier alpha value is -3.23. The number of amides is 2. The number of urea groups is 1. The third-order valence-corrected chi connectivity index (χ3v) is 6.41. The third kappa shape index (κ3) is 5.92. The van der Waals surface area contributed by atoms with Crippen molar-refractivity contribution >= 4 is 36.9 Å². The van der Waals surface area contributed by atoms with Crippen LogP contribution in [0.15, 0.2) is 49.1 Å². The molecule has 4 N–H and O–H groups in total. The first-order valence-corrected chi connectivity index (χ1v) is 13.5. The van der Waals surface area contributed by atoms with Crippen LogP contribution in [0.5, 0.6) is 0 Å². The molecule has 0 spiro atoms. The molecule has 2 aliphatic heterocycles. The molecule has 2 aliphatic rings. The van der Waals surface area contributed by atoms with E-state index in [9.17, 15) is 19.1 Å². The first-order chi connectivity index (χ1) is 18.3. The number of benzene rings is 1. The van der Waals surface area contributed by atoms with Gasteiger partial charge in [-0.15, -0.1) is 0 Å². The second-order valence-electron chi connectivity index (χ2n) is 8.62. The molecule has 3 aromatic rings. The number of imidazole rings is 1. The normalized spacial score (nSPS) is 25.2. The molecule has 38 heavy (non-hydrogen) atoms. The van der Waals surface area contributed by atoms with Crippen LogP contribution >= 0.6 is 7.82 Å². The molecule has 0 aliphatic carbocycles. The molecule has 2 aromatic heterocycles. The van der Waals surface area contributed by atoms with Gasteiger partial charge in [0.25, 0.3) is 0 Å². The number of hydrogen-bond donors (Lipinski definition) is 4. The summed E-state index contributed by atoms with van der Waals surface area (Å²) < 4.78 is 35.9. The van der Waals surface area contributed by atoms with E-state index in [1.54, 1.807) is 10.6 Å². The lowest BCUT2D eigenvalue weighted by Gasteiger charge is -2.20. The zero-order chi connectivity index (χ0) is 26.7. The number of carbonyl (C=O) groups is 1. The summed E-state index contributed by atoms with van der Waals surface area (Å²) in [6.07, 6.45) is 3.34. The number of nitrogens with one attached hydrogen (secondary N) is 2. The molecule has 2 amide bonds. The molecular formula is C23H27N6O8P. The minimum atomic E-state index is -4.75. The molecule has 202 valence electrons. The van der Waals surface area contributed by atoms with Gasteiger partial charge in [-0.05, 0) is 18.1 Å². The van der Waals surface area contributed by atoms with Crippen LogP contribution in [0.4, 0.5) is 10.6 Å². The van der Waals surface area contributed by atoms with Gasteiger partial charge in [-0.25, -0.2) is 24.3 Å². The van der Waals surface area contributed by atoms with Crippen molar-refractivity contribution in [3.8, 4) is 0 Å². The number of nitrogens with zero attached hydrogens (tertiary/aromatic N) is 4. The molecule has 15 heteroatoms. The van der Waals surface area contributed by atoms with Crippen LogP contribution in [0.1, 0.15) is 25.1 Å². The highest BCUT2D eigenvalue weighted by atomic mass is 31.2. The largest absolute Gasteiger partial charge is 0.469 e. The highest BCUT2D eigenvalue weighted by Gasteiger charge is 2.53. The molecule has 2 fully saturated rings. The van der Waals surface area contributed by atoms with Crippen LogP contribution in [0, 0.1) is 0 Å². The van der Waals surface area contributed by atoms with E-state index in [0.29, 0.717) is 17.7 Å². The van der Waals surface area contributed by atoms with E-state index >= 15 is 0 Å². The molecule has 0 bridgehead atoms. The number of phosphoric ester groups is 1. The first-order valence-electron chi connectivity index (χ1n) is 11.9. The van der Waals surface area contributed by atoms with Crippen molar-refractivity contribution in [1.82, 2.24) is 24.8 Å². The average molecular weight is 546 g/mol. The molecule has 5 atom stereocenters. The quantitative estimate of drug-likeness (QED) is 0.289. The Morgan fingerprint density at radius 3 is 2.71 bits per heavy atom. The standard InChI is InChI=1S/C23H27N6O8P/c1-2-10-24-23(30)28-20-17-21(26-12-25-20)29(13-27-17)22-19-18(15(35-22)11-34-38(31,32)33)36-16(37-19)9-8-14-6-4-3-5-7-14/h3-9,12-13,15-16,18-19,22H,2,10-11H2,1H3,(H2,31,32,33)(H2,24,25,26,28,30)/b9-8+/t15-,16?,18?,19?,22-/m1/s1. The summed E-state index contributed by atoms with van der Waals surface area (Å²) >= 11 is 0. The lowest BCUT2D eigenvalue weighted by atomic mass is 10.1. The number of carbonyl (C=O) groups excluding carboxylic acids is 1. The smallest absolute Gasteiger partial charge is 0.347 e. The summed E-state index contributed by atoms with van der Waals surface area (Å²) in [4.78, 5) is 43.4. The molecule has 0 saturated carbocycles. The van der Waals surface area contributed by atoms with Crippen LogP contribution in [-0.4, -0.2) is 73.1 Å². The lowest BCUT2D eigenvalue weighted by Crippen LogP contribution is -2.31. The molecule has 3 unspecified atom stereocenters. The molecule has 1 aromatic carbocycles. The topological polar surface area (TPSA) is 179 Å². The Balaban J connectivity index is 1.40. The van der Waals surface area contributed by atoms with Gasteiger partial charge in [0.15, 0.2) is 29.5 Å². The van der Waals surface area contributed by atoms with Gasteiger partial charge in [0, 0.05) is 6.54 Å². The maximum absolute atomic E-state index is 12.2. The fourth-order valence-corrected chi connectivity index (χ4v) is 4.59. The Morgan fingerprint density at radius 1 is 1.16 bits per heavy atom. The summed E-state index contributed by atoms with van der Waals surface area (Å²) in [5, 5.41) is 5.37. The molecule has 2 saturated heterocycles. The number of fused-ring (bicyclic) bond motifs is 2. The Labute approximate surface area is 217 Å². The SMILES string of the molecule is CCCNC(=O)Nc1ncnc2c1ncn2[C@@H]1O[C@H](COP(=O)(O)O)C2OC(/C=C/c3ccccc3)OC21. The molecule has 5 rings (SSSR count). The zero-order valence-electron chi connectivity index (χ0n) is 20.3. The van der Waals surface area contributed by atoms with Gasteiger partial charge in [-0.1, -0.05) is 43.3 Å². The highest BCUT2D eigenvalue weighted by Crippen LogP contribution is 2.43. The minimum absolute atomic E-state index is 0.213. The van der Waals surface area contributed by atoms with Crippen LogP contribution in [0.2, 0.25) is 0 Å². The number of ether oxygens (including phenoxy) is 3. The van der Waals surface area contributed by atoms with E-state index in [1.165, 1.54) is 12.7 Å². The zero-order valence-corrected chi connectivity index (χ0v) is 21.2. The van der Waals surface area contributed by atoms with Gasteiger partial charge in [0.2, 0.25) is 0 Å². The van der Waals surface area contributed by atoms with Gasteiger partial charge in [0.05, 0.1) is 12.9 Å². The Kier molecular flexibility index (Phi) is 7.81. The maximum atomic E-state index is 12.2. The Morgan fingerprint density at radius 2 is 1.95 bits per heavy atom. The van der Waals surface area contributed by atoms with Crippen LogP contribution in [-0.2, 0) is 23.3 Å². The highest BCUT2D eigenvalue weighted by molar-refractivity contribution is 7.46. The van der Waals surface area contributed by atoms with Crippen molar-refractivity contribution in [3.05, 3.63) is 54.6 Å². The van der Waals surface area contributed by atoms with Crippen molar-refractivity contribution in [2.75, 3.05) is 18.5 Å². The van der Waals surface area contributed by atoms with Crippen molar-refractivity contribution in [3.63, 3.8) is 0 Å².